The van der Waals surface area contributed by atoms with Crippen molar-refractivity contribution in [2.45, 2.75) is 70.6 Å². The number of piperidine rings is 1. The van der Waals surface area contributed by atoms with Gasteiger partial charge in [0, 0.05) is 32.6 Å². The van der Waals surface area contributed by atoms with Crippen molar-refractivity contribution in [3.05, 3.63) is 35.4 Å². The Labute approximate surface area is 187 Å². The van der Waals surface area contributed by atoms with E-state index >= 15 is 0 Å². The normalized spacial score (nSPS) is 19.7. The summed E-state index contributed by atoms with van der Waals surface area (Å²) in [5.41, 5.74) is 8.49. The van der Waals surface area contributed by atoms with Gasteiger partial charge in [0.2, 0.25) is 5.91 Å². The Balaban J connectivity index is 0.00000210. The first-order valence-electron chi connectivity index (χ1n) is 10.5. The van der Waals surface area contributed by atoms with Gasteiger partial charge in [0.05, 0.1) is 6.10 Å². The predicted molar refractivity (Wildman–Crippen MR) is 122 cm³/mol. The number of rotatable bonds is 7. The van der Waals surface area contributed by atoms with Crippen LogP contribution >= 0.6 is 24.8 Å². The number of amides is 1. The van der Waals surface area contributed by atoms with E-state index in [1.807, 2.05) is 6.07 Å². The lowest BCUT2D eigenvalue weighted by Crippen LogP contribution is -2.38. The molecule has 0 unspecified atom stereocenters. The number of halogens is 2. The minimum atomic E-state index is -0.148. The number of nitrogens with one attached hydrogen (secondary N) is 1. The molecule has 1 saturated heterocycles. The van der Waals surface area contributed by atoms with Gasteiger partial charge >= 0.3 is 0 Å². The molecule has 1 aliphatic carbocycles. The van der Waals surface area contributed by atoms with Gasteiger partial charge in [0.15, 0.2) is 0 Å². The molecule has 5 nitrogen and oxygen atoms in total. The van der Waals surface area contributed by atoms with Gasteiger partial charge < -0.3 is 16.2 Å². The van der Waals surface area contributed by atoms with Crippen LogP contribution < -0.4 is 11.1 Å². The SMILES string of the molecule is Cl.Cl.NCC1(CC(=O)NCc2ccccc2CN2CCC(O)CC2)CCCCC1. The summed E-state index contributed by atoms with van der Waals surface area (Å²) in [6, 6.07) is 8.35. The van der Waals surface area contributed by atoms with Crippen molar-refractivity contribution >= 4 is 30.7 Å². The second-order valence-electron chi connectivity index (χ2n) is 8.49. The summed E-state index contributed by atoms with van der Waals surface area (Å²) in [5.74, 6) is 0.123. The third-order valence-corrected chi connectivity index (χ3v) is 6.43. The lowest BCUT2D eigenvalue weighted by Gasteiger charge is -2.35. The number of carbonyl (C=O) groups excluding carboxylic acids is 1. The maximum absolute atomic E-state index is 12.6. The van der Waals surface area contributed by atoms with Crippen LogP contribution in [0.2, 0.25) is 0 Å². The Morgan fingerprint density at radius 2 is 1.72 bits per heavy atom. The van der Waals surface area contributed by atoms with Crippen molar-refractivity contribution in [1.29, 1.82) is 0 Å². The van der Waals surface area contributed by atoms with Crippen LogP contribution in [0.1, 0.15) is 62.5 Å². The molecule has 0 bridgehead atoms. The molecule has 166 valence electrons. The molecule has 0 spiro atoms. The van der Waals surface area contributed by atoms with Crippen molar-refractivity contribution in [3.63, 3.8) is 0 Å². The number of aliphatic hydroxyl groups excluding tert-OH is 1. The Kier molecular flexibility index (Phi) is 11.5. The molecule has 2 aliphatic rings. The van der Waals surface area contributed by atoms with Gasteiger partial charge in [-0.3, -0.25) is 9.69 Å². The van der Waals surface area contributed by atoms with E-state index in [0.717, 1.165) is 45.3 Å². The minimum Gasteiger partial charge on any atom is -0.393 e. The predicted octanol–water partition coefficient (Wildman–Crippen LogP) is 3.40. The zero-order chi connectivity index (χ0) is 19.1. The summed E-state index contributed by atoms with van der Waals surface area (Å²) in [4.78, 5) is 15.0. The van der Waals surface area contributed by atoms with E-state index in [1.54, 1.807) is 0 Å². The summed E-state index contributed by atoms with van der Waals surface area (Å²) >= 11 is 0. The standard InChI is InChI=1S/C22H35N3O2.2ClH/c23-17-22(10-4-1-5-11-22)14-21(27)24-15-18-6-2-3-7-19(18)16-25-12-8-20(26)9-13-25;;/h2-3,6-7,20,26H,1,4-5,8-17,23H2,(H,24,27);2*1H. The topological polar surface area (TPSA) is 78.6 Å². The van der Waals surface area contributed by atoms with Crippen LogP contribution in [0.15, 0.2) is 24.3 Å². The molecule has 1 heterocycles. The van der Waals surface area contributed by atoms with E-state index < -0.39 is 0 Å². The van der Waals surface area contributed by atoms with Crippen molar-refractivity contribution in [1.82, 2.24) is 10.2 Å². The lowest BCUT2D eigenvalue weighted by atomic mass is 9.71. The number of aliphatic hydroxyl groups is 1. The second kappa shape index (κ2) is 12.8. The molecule has 7 heteroatoms. The highest BCUT2D eigenvalue weighted by molar-refractivity contribution is 5.85. The highest BCUT2D eigenvalue weighted by Gasteiger charge is 2.32. The summed E-state index contributed by atoms with van der Waals surface area (Å²) in [7, 11) is 0. The van der Waals surface area contributed by atoms with Crippen molar-refractivity contribution in [2.75, 3.05) is 19.6 Å². The Hall–Kier alpha value is -0.850. The molecule has 1 aliphatic heterocycles. The highest BCUT2D eigenvalue weighted by Crippen LogP contribution is 2.38. The van der Waals surface area contributed by atoms with E-state index in [4.69, 9.17) is 5.73 Å². The quantitative estimate of drug-likeness (QED) is 0.600. The van der Waals surface area contributed by atoms with E-state index in [9.17, 15) is 9.90 Å². The van der Waals surface area contributed by atoms with Gasteiger partial charge in [-0.2, -0.15) is 0 Å². The van der Waals surface area contributed by atoms with Gasteiger partial charge in [-0.05, 0) is 48.8 Å². The van der Waals surface area contributed by atoms with E-state index in [-0.39, 0.29) is 42.2 Å². The first-order chi connectivity index (χ1) is 13.1. The molecular formula is C22H37Cl2N3O2. The fourth-order valence-electron chi connectivity index (χ4n) is 4.55. The van der Waals surface area contributed by atoms with Crippen LogP contribution in [-0.4, -0.2) is 41.7 Å². The first kappa shape index (κ1) is 26.2. The lowest BCUT2D eigenvalue weighted by molar-refractivity contribution is -0.124. The molecule has 2 fully saturated rings. The van der Waals surface area contributed by atoms with Crippen molar-refractivity contribution in [2.24, 2.45) is 11.1 Å². The Morgan fingerprint density at radius 1 is 1.10 bits per heavy atom. The zero-order valence-electron chi connectivity index (χ0n) is 17.3. The van der Waals surface area contributed by atoms with Crippen LogP contribution in [0.3, 0.4) is 0 Å². The van der Waals surface area contributed by atoms with Gasteiger partial charge in [-0.15, -0.1) is 24.8 Å². The zero-order valence-corrected chi connectivity index (χ0v) is 18.9. The van der Waals surface area contributed by atoms with Crippen LogP contribution in [0.4, 0.5) is 0 Å². The summed E-state index contributed by atoms with van der Waals surface area (Å²) in [6.45, 7) is 3.93. The highest BCUT2D eigenvalue weighted by atomic mass is 35.5. The van der Waals surface area contributed by atoms with Crippen molar-refractivity contribution < 1.29 is 9.90 Å². The molecule has 0 radical (unpaired) electrons. The fraction of sp³-hybridized carbons (Fsp3) is 0.682. The number of nitrogens with two attached hydrogens (primary N) is 1. The molecule has 0 aromatic heterocycles. The average Bonchev–Trinajstić information content (AvgIpc) is 2.70. The van der Waals surface area contributed by atoms with Gasteiger partial charge in [0.1, 0.15) is 0 Å². The Morgan fingerprint density at radius 3 is 2.34 bits per heavy atom. The molecule has 3 rings (SSSR count). The summed E-state index contributed by atoms with van der Waals surface area (Å²) < 4.78 is 0. The number of nitrogens with zero attached hydrogens (tertiary/aromatic N) is 1. The monoisotopic (exact) mass is 445 g/mol. The number of carbonyl (C=O) groups is 1. The smallest absolute Gasteiger partial charge is 0.220 e. The summed E-state index contributed by atoms with van der Waals surface area (Å²) in [5, 5.41) is 12.8. The Bertz CT molecular complexity index is 616. The second-order valence-corrected chi connectivity index (χ2v) is 8.49. The molecule has 1 amide bonds. The van der Waals surface area contributed by atoms with Crippen LogP contribution in [0, 0.1) is 5.41 Å². The maximum atomic E-state index is 12.6. The maximum Gasteiger partial charge on any atom is 0.220 e. The largest absolute Gasteiger partial charge is 0.393 e. The van der Waals surface area contributed by atoms with Crippen LogP contribution in [-0.2, 0) is 17.9 Å². The molecule has 0 atom stereocenters. The summed E-state index contributed by atoms with van der Waals surface area (Å²) in [6.07, 6.45) is 7.91. The minimum absolute atomic E-state index is 0. The fourth-order valence-corrected chi connectivity index (χ4v) is 4.55. The molecular weight excluding hydrogens is 409 g/mol. The third-order valence-electron chi connectivity index (χ3n) is 6.43. The number of hydrogen-bond donors (Lipinski definition) is 3. The first-order valence-corrected chi connectivity index (χ1v) is 10.5. The van der Waals surface area contributed by atoms with Gasteiger partial charge in [-0.25, -0.2) is 0 Å². The molecule has 4 N–H and O–H groups in total. The average molecular weight is 446 g/mol. The molecule has 1 saturated carbocycles. The molecule has 1 aromatic rings. The third kappa shape index (κ3) is 7.72. The number of benzene rings is 1. The van der Waals surface area contributed by atoms with Crippen LogP contribution in [0.25, 0.3) is 0 Å². The molecule has 29 heavy (non-hydrogen) atoms. The van der Waals surface area contributed by atoms with Crippen LogP contribution in [0.5, 0.6) is 0 Å². The molecule has 1 aromatic carbocycles. The van der Waals surface area contributed by atoms with E-state index in [1.165, 1.54) is 30.4 Å². The van der Waals surface area contributed by atoms with Gasteiger partial charge in [-0.1, -0.05) is 43.5 Å². The number of hydrogen-bond acceptors (Lipinski definition) is 4. The van der Waals surface area contributed by atoms with Crippen molar-refractivity contribution in [3.8, 4) is 0 Å². The van der Waals surface area contributed by atoms with E-state index in [0.29, 0.717) is 19.5 Å². The van der Waals surface area contributed by atoms with E-state index in [2.05, 4.69) is 28.4 Å². The van der Waals surface area contributed by atoms with Gasteiger partial charge in [0.25, 0.3) is 0 Å². The number of likely N-dealkylation sites (tertiary alicyclic amines) is 1.